The van der Waals surface area contributed by atoms with Gasteiger partial charge in [-0.1, -0.05) is 12.8 Å². The average Bonchev–Trinajstić information content (AvgIpc) is 3.46. The summed E-state index contributed by atoms with van der Waals surface area (Å²) in [6.07, 6.45) is 5.44. The molecule has 1 saturated carbocycles. The summed E-state index contributed by atoms with van der Waals surface area (Å²) in [7, 11) is 0. The van der Waals surface area contributed by atoms with E-state index in [4.69, 9.17) is 4.74 Å². The Balaban J connectivity index is 1.32. The van der Waals surface area contributed by atoms with Crippen molar-refractivity contribution in [2.24, 2.45) is 11.8 Å². The number of benzene rings is 1. The largest absolute Gasteiger partial charge is 0.481 e. The van der Waals surface area contributed by atoms with Gasteiger partial charge in [0, 0.05) is 29.3 Å². The van der Waals surface area contributed by atoms with Crippen LogP contribution in [-0.2, 0) is 27.2 Å². The molecule has 1 aromatic heterocycles. The molecule has 1 aliphatic heterocycles. The number of nitrogens with zero attached hydrogens (tertiary/aromatic N) is 1. The summed E-state index contributed by atoms with van der Waals surface area (Å²) in [6.45, 7) is 3.12. The number of thiophene rings is 1. The monoisotopic (exact) mass is 497 g/mol. The Kier molecular flexibility index (Phi) is 7.06. The van der Waals surface area contributed by atoms with Crippen LogP contribution in [0.5, 0.6) is 0 Å². The summed E-state index contributed by atoms with van der Waals surface area (Å²) < 4.78 is 5.41. The Morgan fingerprint density at radius 1 is 0.943 bits per heavy atom. The van der Waals surface area contributed by atoms with Crippen LogP contribution < -0.4 is 15.5 Å². The van der Waals surface area contributed by atoms with Crippen molar-refractivity contribution in [1.29, 1.82) is 0 Å². The van der Waals surface area contributed by atoms with E-state index in [2.05, 4.69) is 15.5 Å². The molecule has 2 unspecified atom stereocenters. The summed E-state index contributed by atoms with van der Waals surface area (Å²) in [4.78, 5) is 41.6. The van der Waals surface area contributed by atoms with Crippen LogP contribution in [0, 0.1) is 11.8 Å². The van der Waals surface area contributed by atoms with Gasteiger partial charge in [0.25, 0.3) is 5.91 Å². The first-order chi connectivity index (χ1) is 17.0. The zero-order valence-electron chi connectivity index (χ0n) is 19.7. The molecule has 2 aliphatic carbocycles. The van der Waals surface area contributed by atoms with Crippen molar-refractivity contribution in [2.45, 2.75) is 44.9 Å². The Morgan fingerprint density at radius 3 is 2.37 bits per heavy atom. The van der Waals surface area contributed by atoms with Crippen LogP contribution in [0.3, 0.4) is 0 Å². The van der Waals surface area contributed by atoms with Gasteiger partial charge in [0.1, 0.15) is 5.00 Å². The molecule has 5 rings (SSSR count). The first-order valence-corrected chi connectivity index (χ1v) is 13.2. The number of morpholine rings is 1. The number of aliphatic carboxylic acids is 1. The second-order valence-electron chi connectivity index (χ2n) is 9.49. The van der Waals surface area contributed by atoms with Crippen molar-refractivity contribution in [3.63, 3.8) is 0 Å². The van der Waals surface area contributed by atoms with Crippen LogP contribution in [0.4, 0.5) is 16.4 Å². The van der Waals surface area contributed by atoms with Crippen molar-refractivity contribution in [3.8, 4) is 0 Å². The van der Waals surface area contributed by atoms with E-state index in [-0.39, 0.29) is 11.8 Å². The lowest BCUT2D eigenvalue weighted by Gasteiger charge is -2.28. The normalized spacial score (nSPS) is 21.9. The number of aryl methyl sites for hydroxylation is 1. The molecule has 186 valence electrons. The second-order valence-corrected chi connectivity index (χ2v) is 10.6. The summed E-state index contributed by atoms with van der Waals surface area (Å²) in [6, 6.07) is 7.79. The lowest BCUT2D eigenvalue weighted by molar-refractivity contribution is -0.147. The lowest BCUT2D eigenvalue weighted by Crippen LogP contribution is -2.36. The van der Waals surface area contributed by atoms with Crippen molar-refractivity contribution < 1.29 is 24.2 Å². The molecule has 2 fully saturated rings. The number of carboxylic acids is 1. The third-order valence-corrected chi connectivity index (χ3v) is 8.51. The number of hydrogen-bond acceptors (Lipinski definition) is 6. The molecule has 0 radical (unpaired) electrons. The minimum absolute atomic E-state index is 0.239. The predicted molar refractivity (Wildman–Crippen MR) is 135 cm³/mol. The van der Waals surface area contributed by atoms with Gasteiger partial charge in [-0.25, -0.2) is 0 Å². The number of carboxylic acid groups (broad SMARTS) is 1. The number of ether oxygens (including phenoxy) is 1. The molecule has 1 saturated heterocycles. The molecule has 2 atom stereocenters. The van der Waals surface area contributed by atoms with Crippen LogP contribution in [0.25, 0.3) is 0 Å². The van der Waals surface area contributed by atoms with E-state index in [1.54, 1.807) is 0 Å². The second kappa shape index (κ2) is 10.4. The Labute approximate surface area is 208 Å². The Morgan fingerprint density at radius 2 is 1.66 bits per heavy atom. The molecule has 8 nitrogen and oxygen atoms in total. The fraction of sp³-hybridized carbons (Fsp3) is 0.500. The van der Waals surface area contributed by atoms with E-state index in [1.807, 2.05) is 24.3 Å². The van der Waals surface area contributed by atoms with Gasteiger partial charge >= 0.3 is 5.97 Å². The number of nitrogens with one attached hydrogen (secondary N) is 2. The van der Waals surface area contributed by atoms with Gasteiger partial charge in [-0.2, -0.15) is 0 Å². The quantitative estimate of drug-likeness (QED) is 0.553. The van der Waals surface area contributed by atoms with Gasteiger partial charge in [0.15, 0.2) is 0 Å². The highest BCUT2D eigenvalue weighted by atomic mass is 32.1. The fourth-order valence-corrected chi connectivity index (χ4v) is 6.74. The van der Waals surface area contributed by atoms with Crippen LogP contribution in [0.2, 0.25) is 0 Å². The van der Waals surface area contributed by atoms with Crippen LogP contribution in [-0.4, -0.2) is 49.2 Å². The molecule has 2 aromatic rings. The lowest BCUT2D eigenvalue weighted by atomic mass is 9.79. The third kappa shape index (κ3) is 5.06. The van der Waals surface area contributed by atoms with Crippen LogP contribution in [0.15, 0.2) is 24.3 Å². The van der Waals surface area contributed by atoms with Gasteiger partial charge in [-0.15, -0.1) is 11.3 Å². The molecule has 9 heteroatoms. The summed E-state index contributed by atoms with van der Waals surface area (Å²) in [5.74, 6) is -2.69. The number of fused-ring (bicyclic) bond motifs is 1. The standard InChI is InChI=1S/C26H31N3O5S/c30-23(18-4-1-2-5-19(18)26(32)33)28-25-22(20-6-3-7-21(20)35-25)24(31)27-16-8-10-17(11-9-16)29-12-14-34-15-13-29/h8-11,18-19H,1-7,12-15H2,(H,27,31)(H,28,30)(H,32,33). The number of rotatable bonds is 6. The van der Waals surface area contributed by atoms with E-state index in [1.165, 1.54) is 11.3 Å². The maximum atomic E-state index is 13.4. The first-order valence-electron chi connectivity index (χ1n) is 12.4. The maximum Gasteiger partial charge on any atom is 0.307 e. The molecule has 2 heterocycles. The zero-order valence-corrected chi connectivity index (χ0v) is 20.5. The SMILES string of the molecule is O=C(Nc1ccc(N2CCOCC2)cc1)c1c(NC(=O)C2CCCCC2C(=O)O)sc2c1CCC2. The zero-order chi connectivity index (χ0) is 24.4. The third-order valence-electron chi connectivity index (χ3n) is 7.31. The molecule has 35 heavy (non-hydrogen) atoms. The molecule has 3 N–H and O–H groups in total. The Hall–Kier alpha value is -2.91. The summed E-state index contributed by atoms with van der Waals surface area (Å²) >= 11 is 1.45. The molecule has 3 aliphatic rings. The van der Waals surface area contributed by atoms with Crippen LogP contribution in [0.1, 0.15) is 52.9 Å². The summed E-state index contributed by atoms with van der Waals surface area (Å²) in [5.41, 5.74) is 3.32. The number of carbonyl (C=O) groups excluding carboxylic acids is 2. The van der Waals surface area contributed by atoms with Crippen molar-refractivity contribution in [2.75, 3.05) is 41.8 Å². The van der Waals surface area contributed by atoms with Gasteiger partial charge < -0.3 is 25.4 Å². The van der Waals surface area contributed by atoms with Crippen molar-refractivity contribution >= 4 is 45.5 Å². The van der Waals surface area contributed by atoms with E-state index in [9.17, 15) is 19.5 Å². The number of carbonyl (C=O) groups is 3. The molecule has 1 aromatic carbocycles. The average molecular weight is 498 g/mol. The molecular formula is C26H31N3O5S. The fourth-order valence-electron chi connectivity index (χ4n) is 5.45. The van der Waals surface area contributed by atoms with Gasteiger partial charge in [-0.3, -0.25) is 14.4 Å². The topological polar surface area (TPSA) is 108 Å². The highest BCUT2D eigenvalue weighted by Crippen LogP contribution is 2.40. The number of anilines is 3. The number of hydrogen-bond donors (Lipinski definition) is 3. The molecule has 0 spiro atoms. The molecular weight excluding hydrogens is 466 g/mol. The van der Waals surface area contributed by atoms with E-state index in [0.717, 1.165) is 61.3 Å². The van der Waals surface area contributed by atoms with E-state index < -0.39 is 17.8 Å². The maximum absolute atomic E-state index is 13.4. The van der Waals surface area contributed by atoms with Crippen molar-refractivity contribution in [1.82, 2.24) is 0 Å². The van der Waals surface area contributed by atoms with Gasteiger partial charge in [-0.05, 0) is 61.9 Å². The smallest absolute Gasteiger partial charge is 0.307 e. The van der Waals surface area contributed by atoms with E-state index >= 15 is 0 Å². The van der Waals surface area contributed by atoms with Crippen LogP contribution >= 0.6 is 11.3 Å². The summed E-state index contributed by atoms with van der Waals surface area (Å²) in [5, 5.41) is 16.1. The minimum Gasteiger partial charge on any atom is -0.481 e. The van der Waals surface area contributed by atoms with Gasteiger partial charge in [0.2, 0.25) is 5.91 Å². The van der Waals surface area contributed by atoms with Crippen molar-refractivity contribution in [3.05, 3.63) is 40.3 Å². The highest BCUT2D eigenvalue weighted by molar-refractivity contribution is 7.17. The van der Waals surface area contributed by atoms with Gasteiger partial charge in [0.05, 0.1) is 30.6 Å². The Bertz CT molecular complexity index is 1110. The number of amides is 2. The predicted octanol–water partition coefficient (Wildman–Crippen LogP) is 4.16. The first kappa shape index (κ1) is 23.8. The molecule has 0 bridgehead atoms. The highest BCUT2D eigenvalue weighted by Gasteiger charge is 2.37. The minimum atomic E-state index is -0.919. The van der Waals surface area contributed by atoms with E-state index in [0.29, 0.717) is 42.3 Å². The molecule has 2 amide bonds.